The van der Waals surface area contributed by atoms with Crippen LogP contribution in [0.4, 0.5) is 0 Å². The number of carbonyl (C=O) groups is 1. The molecule has 106 valence electrons. The number of nitrogens with zero attached hydrogens (tertiary/aromatic N) is 1. The molecule has 0 amide bonds. The molecule has 0 aromatic rings. The van der Waals surface area contributed by atoms with Crippen molar-refractivity contribution in [3.05, 3.63) is 0 Å². The lowest BCUT2D eigenvalue weighted by Gasteiger charge is -2.35. The van der Waals surface area contributed by atoms with Gasteiger partial charge in [0.25, 0.3) is 0 Å². The van der Waals surface area contributed by atoms with Crippen LogP contribution in [0.5, 0.6) is 0 Å². The first-order chi connectivity index (χ1) is 8.29. The van der Waals surface area contributed by atoms with Gasteiger partial charge in [-0.1, -0.05) is 0 Å². The Morgan fingerprint density at radius 2 is 2.28 bits per heavy atom. The highest BCUT2D eigenvalue weighted by atomic mass is 16.5. The average molecular weight is 258 g/mol. The van der Waals surface area contributed by atoms with Crippen molar-refractivity contribution in [2.45, 2.75) is 57.3 Å². The highest BCUT2D eigenvalue weighted by Crippen LogP contribution is 2.23. The van der Waals surface area contributed by atoms with Crippen molar-refractivity contribution in [2.75, 3.05) is 20.8 Å². The summed E-state index contributed by atoms with van der Waals surface area (Å²) in [6, 6.07) is 0.599. The van der Waals surface area contributed by atoms with Crippen LogP contribution in [0.15, 0.2) is 0 Å². The zero-order chi connectivity index (χ0) is 13.9. The van der Waals surface area contributed by atoms with E-state index in [-0.39, 0.29) is 18.1 Å². The minimum Gasteiger partial charge on any atom is -0.468 e. The maximum absolute atomic E-state index is 11.6. The minimum atomic E-state index is -0.939. The normalized spacial score (nSPS) is 29.1. The second-order valence-corrected chi connectivity index (χ2v) is 5.56. The molecule has 0 bridgehead atoms. The van der Waals surface area contributed by atoms with Gasteiger partial charge in [0.15, 0.2) is 0 Å². The predicted molar refractivity (Wildman–Crippen MR) is 70.3 cm³/mol. The van der Waals surface area contributed by atoms with Crippen molar-refractivity contribution >= 4 is 5.97 Å². The first kappa shape index (κ1) is 15.4. The number of likely N-dealkylation sites (N-methyl/N-ethyl adjacent to an activating group) is 1. The van der Waals surface area contributed by atoms with Crippen LogP contribution in [0.25, 0.3) is 0 Å². The molecule has 5 nitrogen and oxygen atoms in total. The molecule has 2 N–H and O–H groups in total. The number of rotatable bonds is 5. The van der Waals surface area contributed by atoms with Crippen LogP contribution >= 0.6 is 0 Å². The Labute approximate surface area is 110 Å². The maximum atomic E-state index is 11.6. The summed E-state index contributed by atoms with van der Waals surface area (Å²) >= 11 is 0. The summed E-state index contributed by atoms with van der Waals surface area (Å²) in [6.45, 7) is 6.69. The molecule has 1 aliphatic heterocycles. The summed E-state index contributed by atoms with van der Waals surface area (Å²) in [5, 5.41) is 0. The molecule has 4 atom stereocenters. The van der Waals surface area contributed by atoms with E-state index < -0.39 is 5.54 Å². The van der Waals surface area contributed by atoms with Crippen molar-refractivity contribution in [1.82, 2.24) is 4.90 Å². The van der Waals surface area contributed by atoms with Gasteiger partial charge in [-0.2, -0.15) is 0 Å². The van der Waals surface area contributed by atoms with Crippen molar-refractivity contribution in [2.24, 2.45) is 5.73 Å². The zero-order valence-electron chi connectivity index (χ0n) is 12.1. The Balaban J connectivity index is 2.59. The van der Waals surface area contributed by atoms with Crippen LogP contribution in [-0.4, -0.2) is 55.4 Å². The highest BCUT2D eigenvalue weighted by Gasteiger charge is 2.36. The van der Waals surface area contributed by atoms with Crippen LogP contribution in [0, 0.1) is 0 Å². The molecule has 1 heterocycles. The Morgan fingerprint density at radius 3 is 2.72 bits per heavy atom. The SMILES string of the molecule is COC(=O)C(C)(N)CC(C)N(C)C1CCOC1C. The maximum Gasteiger partial charge on any atom is 0.325 e. The van der Waals surface area contributed by atoms with Crippen molar-refractivity contribution in [3.63, 3.8) is 0 Å². The van der Waals surface area contributed by atoms with E-state index in [2.05, 4.69) is 25.8 Å². The largest absolute Gasteiger partial charge is 0.468 e. The summed E-state index contributed by atoms with van der Waals surface area (Å²) in [4.78, 5) is 13.8. The summed E-state index contributed by atoms with van der Waals surface area (Å²) in [5.74, 6) is -0.363. The Hall–Kier alpha value is -0.650. The van der Waals surface area contributed by atoms with Gasteiger partial charge in [0.05, 0.1) is 13.2 Å². The number of nitrogens with two attached hydrogens (primary N) is 1. The lowest BCUT2D eigenvalue weighted by atomic mass is 9.93. The Kier molecular flexibility index (Phi) is 5.13. The molecule has 1 fully saturated rings. The van der Waals surface area contributed by atoms with Crippen LogP contribution in [0.3, 0.4) is 0 Å². The number of carbonyl (C=O) groups excluding carboxylic acids is 1. The lowest BCUT2D eigenvalue weighted by molar-refractivity contribution is -0.147. The molecule has 0 aromatic heterocycles. The van der Waals surface area contributed by atoms with Crippen LogP contribution < -0.4 is 5.73 Å². The van der Waals surface area contributed by atoms with Crippen molar-refractivity contribution < 1.29 is 14.3 Å². The third-order valence-electron chi connectivity index (χ3n) is 3.93. The zero-order valence-corrected chi connectivity index (χ0v) is 12.1. The Morgan fingerprint density at radius 1 is 1.67 bits per heavy atom. The molecule has 0 radical (unpaired) electrons. The second-order valence-electron chi connectivity index (χ2n) is 5.56. The van der Waals surface area contributed by atoms with Gasteiger partial charge in [-0.05, 0) is 40.7 Å². The third kappa shape index (κ3) is 3.43. The van der Waals surface area contributed by atoms with Crippen molar-refractivity contribution in [1.29, 1.82) is 0 Å². The fraction of sp³-hybridized carbons (Fsp3) is 0.923. The first-order valence-electron chi connectivity index (χ1n) is 6.50. The van der Waals surface area contributed by atoms with E-state index in [1.54, 1.807) is 6.92 Å². The minimum absolute atomic E-state index is 0.202. The molecule has 0 aliphatic carbocycles. The van der Waals surface area contributed by atoms with E-state index in [0.29, 0.717) is 12.5 Å². The molecular weight excluding hydrogens is 232 g/mol. The molecule has 1 rings (SSSR count). The highest BCUT2D eigenvalue weighted by molar-refractivity contribution is 5.79. The van der Waals surface area contributed by atoms with Gasteiger partial charge >= 0.3 is 5.97 Å². The molecule has 0 spiro atoms. The van der Waals surface area contributed by atoms with Crippen LogP contribution in [0.1, 0.15) is 33.6 Å². The fourth-order valence-corrected chi connectivity index (χ4v) is 2.66. The Bertz CT molecular complexity index is 294. The van der Waals surface area contributed by atoms with Gasteiger partial charge in [-0.3, -0.25) is 9.69 Å². The monoisotopic (exact) mass is 258 g/mol. The van der Waals surface area contributed by atoms with E-state index in [4.69, 9.17) is 15.2 Å². The molecule has 4 unspecified atom stereocenters. The van der Waals surface area contributed by atoms with Gasteiger partial charge in [0, 0.05) is 18.7 Å². The van der Waals surface area contributed by atoms with Crippen LogP contribution in [-0.2, 0) is 14.3 Å². The molecule has 1 saturated heterocycles. The summed E-state index contributed by atoms with van der Waals surface area (Å²) in [6.07, 6.45) is 1.83. The summed E-state index contributed by atoms with van der Waals surface area (Å²) in [5.41, 5.74) is 5.07. The van der Waals surface area contributed by atoms with E-state index in [9.17, 15) is 4.79 Å². The number of ether oxygens (including phenoxy) is 2. The number of hydrogen-bond acceptors (Lipinski definition) is 5. The summed E-state index contributed by atoms with van der Waals surface area (Å²) in [7, 11) is 3.43. The molecule has 0 aromatic carbocycles. The van der Waals surface area contributed by atoms with Crippen LogP contribution in [0.2, 0.25) is 0 Å². The van der Waals surface area contributed by atoms with E-state index in [1.807, 2.05) is 0 Å². The topological polar surface area (TPSA) is 64.8 Å². The van der Waals surface area contributed by atoms with E-state index in [1.165, 1.54) is 7.11 Å². The van der Waals surface area contributed by atoms with E-state index in [0.717, 1.165) is 13.0 Å². The fourth-order valence-electron chi connectivity index (χ4n) is 2.66. The van der Waals surface area contributed by atoms with Gasteiger partial charge in [0.1, 0.15) is 5.54 Å². The molecule has 5 heteroatoms. The first-order valence-corrected chi connectivity index (χ1v) is 6.50. The van der Waals surface area contributed by atoms with Gasteiger partial charge in [-0.15, -0.1) is 0 Å². The average Bonchev–Trinajstić information content (AvgIpc) is 2.72. The number of esters is 1. The van der Waals surface area contributed by atoms with Gasteiger partial charge < -0.3 is 15.2 Å². The number of hydrogen-bond donors (Lipinski definition) is 1. The number of methoxy groups -OCH3 is 1. The van der Waals surface area contributed by atoms with E-state index >= 15 is 0 Å². The predicted octanol–water partition coefficient (Wildman–Crippen LogP) is 0.765. The smallest absolute Gasteiger partial charge is 0.325 e. The van der Waals surface area contributed by atoms with Gasteiger partial charge in [0.2, 0.25) is 0 Å². The van der Waals surface area contributed by atoms with Gasteiger partial charge in [-0.25, -0.2) is 0 Å². The molecule has 18 heavy (non-hydrogen) atoms. The van der Waals surface area contributed by atoms with Crippen molar-refractivity contribution in [3.8, 4) is 0 Å². The third-order valence-corrected chi connectivity index (χ3v) is 3.93. The second kappa shape index (κ2) is 5.99. The standard InChI is InChI=1S/C13H26N2O3/c1-9(8-13(3,14)12(16)17-5)15(4)11-6-7-18-10(11)2/h9-11H,6-8,14H2,1-5H3. The molecular formula is C13H26N2O3. The lowest BCUT2D eigenvalue weighted by Crippen LogP contribution is -2.52. The quantitative estimate of drug-likeness (QED) is 0.738. The summed E-state index contributed by atoms with van der Waals surface area (Å²) < 4.78 is 10.3. The molecule has 1 aliphatic rings. The molecule has 0 saturated carbocycles.